The van der Waals surface area contributed by atoms with Crippen LogP contribution in [0.2, 0.25) is 0 Å². The number of amides is 2. The van der Waals surface area contributed by atoms with E-state index in [1.807, 2.05) is 70.2 Å². The molecule has 23 heavy (non-hydrogen) atoms. The van der Waals surface area contributed by atoms with E-state index in [1.54, 1.807) is 4.90 Å². The Balaban J connectivity index is 2.16. The lowest BCUT2D eigenvalue weighted by atomic mass is 10.1. The molecule has 0 heterocycles. The summed E-state index contributed by atoms with van der Waals surface area (Å²) in [7, 11) is 0. The van der Waals surface area contributed by atoms with Crippen molar-refractivity contribution in [2.45, 2.75) is 33.2 Å². The van der Waals surface area contributed by atoms with E-state index in [9.17, 15) is 9.59 Å². The van der Waals surface area contributed by atoms with Gasteiger partial charge in [0, 0.05) is 17.6 Å². The van der Waals surface area contributed by atoms with Gasteiger partial charge in [-0.05, 0) is 50.6 Å². The van der Waals surface area contributed by atoms with Crippen molar-refractivity contribution < 1.29 is 9.59 Å². The Morgan fingerprint density at radius 3 is 2.30 bits per heavy atom. The van der Waals surface area contributed by atoms with Crippen LogP contribution in [-0.2, 0) is 4.79 Å². The Morgan fingerprint density at radius 2 is 1.70 bits per heavy atom. The van der Waals surface area contributed by atoms with Crippen LogP contribution in [0.5, 0.6) is 0 Å². The molecule has 0 radical (unpaired) electrons. The molecule has 0 unspecified atom stereocenters. The van der Waals surface area contributed by atoms with E-state index in [0.717, 1.165) is 10.8 Å². The molecule has 0 aliphatic heterocycles. The number of carbonyl (C=O) groups is 2. The fraction of sp³-hybridized carbons (Fsp3) is 0.368. The fourth-order valence-corrected chi connectivity index (χ4v) is 2.46. The molecule has 0 bridgehead atoms. The molecule has 2 amide bonds. The van der Waals surface area contributed by atoms with Gasteiger partial charge in [-0.15, -0.1) is 0 Å². The number of carbonyl (C=O) groups excluding carboxylic acids is 2. The number of fused-ring (bicyclic) bond motifs is 1. The van der Waals surface area contributed by atoms with Gasteiger partial charge in [0.05, 0.1) is 6.54 Å². The Kier molecular flexibility index (Phi) is 5.04. The van der Waals surface area contributed by atoms with Crippen molar-refractivity contribution in [1.29, 1.82) is 0 Å². The zero-order chi connectivity index (χ0) is 17.0. The normalized spacial score (nSPS) is 11.3. The molecule has 0 fully saturated rings. The number of benzene rings is 2. The summed E-state index contributed by atoms with van der Waals surface area (Å²) in [6, 6.07) is 13.5. The Morgan fingerprint density at radius 1 is 1.04 bits per heavy atom. The minimum atomic E-state index is -0.303. The zero-order valence-electron chi connectivity index (χ0n) is 14.2. The Labute approximate surface area is 137 Å². The molecule has 2 aromatic carbocycles. The van der Waals surface area contributed by atoms with E-state index >= 15 is 0 Å². The minimum absolute atomic E-state index is 0.0689. The van der Waals surface area contributed by atoms with E-state index in [0.29, 0.717) is 12.1 Å². The van der Waals surface area contributed by atoms with Crippen LogP contribution in [0.25, 0.3) is 10.8 Å². The number of likely N-dealkylation sites (N-methyl/N-ethyl adjacent to an activating group) is 1. The van der Waals surface area contributed by atoms with Crippen LogP contribution in [0, 0.1) is 0 Å². The maximum Gasteiger partial charge on any atom is 0.254 e. The van der Waals surface area contributed by atoms with E-state index < -0.39 is 0 Å². The van der Waals surface area contributed by atoms with Crippen molar-refractivity contribution in [2.75, 3.05) is 13.1 Å². The summed E-state index contributed by atoms with van der Waals surface area (Å²) in [5.41, 5.74) is 0.303. The predicted octanol–water partition coefficient (Wildman–Crippen LogP) is 3.22. The molecule has 0 saturated heterocycles. The van der Waals surface area contributed by atoms with Gasteiger partial charge in [0.25, 0.3) is 5.91 Å². The first-order valence-electron chi connectivity index (χ1n) is 7.89. The van der Waals surface area contributed by atoms with Crippen LogP contribution in [0.15, 0.2) is 42.5 Å². The molecule has 4 heteroatoms. The van der Waals surface area contributed by atoms with Crippen LogP contribution in [0.4, 0.5) is 0 Å². The average molecular weight is 312 g/mol. The van der Waals surface area contributed by atoms with Crippen LogP contribution in [0.1, 0.15) is 38.1 Å². The molecule has 0 aliphatic carbocycles. The summed E-state index contributed by atoms with van der Waals surface area (Å²) < 4.78 is 0. The molecular weight excluding hydrogens is 288 g/mol. The first kappa shape index (κ1) is 17.0. The monoisotopic (exact) mass is 312 g/mol. The second-order valence-electron chi connectivity index (χ2n) is 6.68. The molecule has 2 rings (SSSR count). The molecule has 4 nitrogen and oxygen atoms in total. The van der Waals surface area contributed by atoms with Crippen molar-refractivity contribution in [2.24, 2.45) is 0 Å². The number of rotatable bonds is 4. The van der Waals surface area contributed by atoms with Crippen LogP contribution in [-0.4, -0.2) is 35.3 Å². The number of nitrogens with zero attached hydrogens (tertiary/aromatic N) is 1. The highest BCUT2D eigenvalue weighted by atomic mass is 16.2. The van der Waals surface area contributed by atoms with E-state index in [-0.39, 0.29) is 23.9 Å². The summed E-state index contributed by atoms with van der Waals surface area (Å²) in [6.07, 6.45) is 0. The third-order valence-corrected chi connectivity index (χ3v) is 3.51. The predicted molar refractivity (Wildman–Crippen MR) is 93.4 cm³/mol. The number of hydrogen-bond donors (Lipinski definition) is 1. The van der Waals surface area contributed by atoms with Gasteiger partial charge in [0.2, 0.25) is 5.91 Å². The first-order valence-corrected chi connectivity index (χ1v) is 7.89. The van der Waals surface area contributed by atoms with Crippen molar-refractivity contribution in [3.8, 4) is 0 Å². The molecule has 1 N–H and O–H groups in total. The third kappa shape index (κ3) is 4.55. The first-order chi connectivity index (χ1) is 10.8. The van der Waals surface area contributed by atoms with Gasteiger partial charge in [-0.2, -0.15) is 0 Å². The van der Waals surface area contributed by atoms with E-state index in [2.05, 4.69) is 5.32 Å². The number of nitrogens with one attached hydrogen (secondary N) is 1. The molecule has 0 spiro atoms. The summed E-state index contributed by atoms with van der Waals surface area (Å²) in [5, 5.41) is 5.00. The Bertz CT molecular complexity index is 717. The van der Waals surface area contributed by atoms with Crippen LogP contribution in [0.3, 0.4) is 0 Å². The number of hydrogen-bond acceptors (Lipinski definition) is 2. The van der Waals surface area contributed by atoms with Crippen LogP contribution < -0.4 is 5.32 Å². The highest BCUT2D eigenvalue weighted by Gasteiger charge is 2.20. The van der Waals surface area contributed by atoms with E-state index in [1.165, 1.54) is 0 Å². The van der Waals surface area contributed by atoms with Gasteiger partial charge >= 0.3 is 0 Å². The average Bonchev–Trinajstić information content (AvgIpc) is 2.49. The summed E-state index contributed by atoms with van der Waals surface area (Å²) in [4.78, 5) is 26.3. The zero-order valence-corrected chi connectivity index (χ0v) is 14.2. The standard InChI is InChI=1S/C19H24N2O2/c1-5-21(13-17(22)20-19(2,3)4)18(23)16-11-10-14-8-6-7-9-15(14)12-16/h6-12H,5,13H2,1-4H3,(H,20,22). The summed E-state index contributed by atoms with van der Waals surface area (Å²) in [5.74, 6) is -0.268. The molecule has 0 aromatic heterocycles. The van der Waals surface area contributed by atoms with Crippen LogP contribution >= 0.6 is 0 Å². The SMILES string of the molecule is CCN(CC(=O)NC(C)(C)C)C(=O)c1ccc2ccccc2c1. The molecular formula is C19H24N2O2. The highest BCUT2D eigenvalue weighted by Crippen LogP contribution is 2.17. The van der Waals surface area contributed by atoms with Crippen molar-refractivity contribution in [3.63, 3.8) is 0 Å². The van der Waals surface area contributed by atoms with Gasteiger partial charge in [0.1, 0.15) is 0 Å². The maximum atomic E-state index is 12.7. The smallest absolute Gasteiger partial charge is 0.254 e. The highest BCUT2D eigenvalue weighted by molar-refractivity contribution is 6.00. The molecule has 0 atom stereocenters. The molecule has 0 saturated carbocycles. The lowest BCUT2D eigenvalue weighted by Crippen LogP contribution is -2.47. The van der Waals surface area contributed by atoms with Gasteiger partial charge < -0.3 is 10.2 Å². The van der Waals surface area contributed by atoms with Gasteiger partial charge in [-0.3, -0.25) is 9.59 Å². The largest absolute Gasteiger partial charge is 0.350 e. The second kappa shape index (κ2) is 6.82. The van der Waals surface area contributed by atoms with Gasteiger partial charge in [0.15, 0.2) is 0 Å². The lowest BCUT2D eigenvalue weighted by molar-refractivity contribution is -0.123. The summed E-state index contributed by atoms with van der Waals surface area (Å²) in [6.45, 7) is 8.21. The third-order valence-electron chi connectivity index (χ3n) is 3.51. The van der Waals surface area contributed by atoms with Gasteiger partial charge in [-0.25, -0.2) is 0 Å². The molecule has 122 valence electrons. The van der Waals surface area contributed by atoms with Crippen molar-refractivity contribution >= 4 is 22.6 Å². The fourth-order valence-electron chi connectivity index (χ4n) is 2.46. The minimum Gasteiger partial charge on any atom is -0.350 e. The quantitative estimate of drug-likeness (QED) is 0.942. The Hall–Kier alpha value is -2.36. The van der Waals surface area contributed by atoms with Crippen molar-refractivity contribution in [1.82, 2.24) is 10.2 Å². The van der Waals surface area contributed by atoms with Crippen molar-refractivity contribution in [3.05, 3.63) is 48.0 Å². The second-order valence-corrected chi connectivity index (χ2v) is 6.68. The van der Waals surface area contributed by atoms with E-state index in [4.69, 9.17) is 0 Å². The van der Waals surface area contributed by atoms with Gasteiger partial charge in [-0.1, -0.05) is 30.3 Å². The maximum absolute atomic E-state index is 12.7. The summed E-state index contributed by atoms with van der Waals surface area (Å²) >= 11 is 0. The topological polar surface area (TPSA) is 49.4 Å². The lowest BCUT2D eigenvalue weighted by Gasteiger charge is -2.25. The molecule has 0 aliphatic rings. The molecule has 2 aromatic rings.